The quantitative estimate of drug-likeness (QED) is 0.775. The molecule has 0 aliphatic rings. The first-order chi connectivity index (χ1) is 8.45. The number of aliphatic hydroxyl groups is 1. The van der Waals surface area contributed by atoms with Crippen LogP contribution in [0.15, 0.2) is 23.1 Å². The highest BCUT2D eigenvalue weighted by Gasteiger charge is 2.27. The predicted molar refractivity (Wildman–Crippen MR) is 72.0 cm³/mol. The summed E-state index contributed by atoms with van der Waals surface area (Å²) in [4.78, 5) is -0.0635. The minimum absolute atomic E-state index is 0.0635. The molecule has 7 heteroatoms. The fraction of sp³-hybridized carbons (Fsp3) is 0.455. The van der Waals surface area contributed by atoms with Gasteiger partial charge in [-0.25, -0.2) is 8.42 Å². The van der Waals surface area contributed by atoms with Crippen molar-refractivity contribution in [1.29, 1.82) is 0 Å². The van der Waals surface area contributed by atoms with Crippen LogP contribution in [0, 0.1) is 0 Å². The van der Waals surface area contributed by atoms with Crippen LogP contribution >= 0.6 is 11.6 Å². The lowest BCUT2D eigenvalue weighted by atomic mass is 10.3. The van der Waals surface area contributed by atoms with E-state index in [2.05, 4.69) is 0 Å². The van der Waals surface area contributed by atoms with Gasteiger partial charge in [-0.1, -0.05) is 24.6 Å². The monoisotopic (exact) mass is 292 g/mol. The summed E-state index contributed by atoms with van der Waals surface area (Å²) in [6.45, 7) is 2.19. The molecule has 0 bridgehead atoms. The largest absolute Gasteiger partial charge is 0.398 e. The topological polar surface area (TPSA) is 83.6 Å². The number of nitrogens with two attached hydrogens (primary N) is 1. The molecule has 0 atom stereocenters. The fourth-order valence-electron chi connectivity index (χ4n) is 1.62. The molecule has 102 valence electrons. The summed E-state index contributed by atoms with van der Waals surface area (Å²) in [5, 5.41) is 8.89. The first-order valence-corrected chi connectivity index (χ1v) is 7.42. The molecular formula is C11H17ClN2O3S. The van der Waals surface area contributed by atoms with E-state index < -0.39 is 10.0 Å². The number of anilines is 1. The molecule has 0 radical (unpaired) electrons. The Kier molecular flexibility index (Phi) is 5.40. The van der Waals surface area contributed by atoms with Gasteiger partial charge < -0.3 is 10.8 Å². The molecule has 5 nitrogen and oxygen atoms in total. The Balaban J connectivity index is 3.19. The molecule has 0 unspecified atom stereocenters. The van der Waals surface area contributed by atoms with Crippen molar-refractivity contribution in [3.63, 3.8) is 0 Å². The Labute approximate surface area is 112 Å². The molecule has 0 saturated carbocycles. The SMILES string of the molecule is CCN(CCCO)S(=O)(=O)c1c(N)cccc1Cl. The van der Waals surface area contributed by atoms with Crippen molar-refractivity contribution >= 4 is 27.3 Å². The van der Waals surface area contributed by atoms with Crippen molar-refractivity contribution in [2.45, 2.75) is 18.2 Å². The molecule has 3 N–H and O–H groups in total. The summed E-state index contributed by atoms with van der Waals surface area (Å²) in [6.07, 6.45) is 0.372. The van der Waals surface area contributed by atoms with E-state index in [4.69, 9.17) is 22.4 Å². The molecule has 0 aliphatic heterocycles. The van der Waals surface area contributed by atoms with Gasteiger partial charge in [-0.2, -0.15) is 4.31 Å². The third-order valence-electron chi connectivity index (χ3n) is 2.51. The van der Waals surface area contributed by atoms with Crippen molar-refractivity contribution in [3.8, 4) is 0 Å². The van der Waals surface area contributed by atoms with E-state index in [1.807, 2.05) is 0 Å². The zero-order valence-corrected chi connectivity index (χ0v) is 11.7. The smallest absolute Gasteiger partial charge is 0.246 e. The highest BCUT2D eigenvalue weighted by Crippen LogP contribution is 2.29. The number of rotatable bonds is 6. The number of hydrogen-bond donors (Lipinski definition) is 2. The molecular weight excluding hydrogens is 276 g/mol. The molecule has 0 spiro atoms. The molecule has 0 amide bonds. The van der Waals surface area contributed by atoms with Crippen molar-refractivity contribution in [3.05, 3.63) is 23.2 Å². The van der Waals surface area contributed by atoms with Crippen LogP contribution in [0.1, 0.15) is 13.3 Å². The minimum Gasteiger partial charge on any atom is -0.398 e. The third kappa shape index (κ3) is 3.14. The second kappa shape index (κ2) is 6.38. The van der Waals surface area contributed by atoms with Gasteiger partial charge in [0.15, 0.2) is 0 Å². The maximum atomic E-state index is 12.4. The molecule has 0 heterocycles. The summed E-state index contributed by atoms with van der Waals surface area (Å²) < 4.78 is 26.0. The lowest BCUT2D eigenvalue weighted by Crippen LogP contribution is -2.33. The normalized spacial score (nSPS) is 12.0. The minimum atomic E-state index is -3.72. The Bertz CT molecular complexity index is 485. The fourth-order valence-corrected chi connectivity index (χ4v) is 3.74. The van der Waals surface area contributed by atoms with E-state index in [0.717, 1.165) is 0 Å². The average molecular weight is 293 g/mol. The Morgan fingerprint density at radius 1 is 1.44 bits per heavy atom. The van der Waals surface area contributed by atoms with Crippen LogP contribution < -0.4 is 5.73 Å². The maximum absolute atomic E-state index is 12.4. The van der Waals surface area contributed by atoms with E-state index in [1.54, 1.807) is 13.0 Å². The lowest BCUT2D eigenvalue weighted by Gasteiger charge is -2.21. The molecule has 1 aromatic carbocycles. The van der Waals surface area contributed by atoms with Crippen molar-refractivity contribution in [2.75, 3.05) is 25.4 Å². The van der Waals surface area contributed by atoms with Crippen LogP contribution in [0.3, 0.4) is 0 Å². The standard InChI is InChI=1S/C11H17ClN2O3S/c1-2-14(7-4-8-15)18(16,17)11-9(12)5-3-6-10(11)13/h3,5-6,15H,2,4,7-8,13H2,1H3. The van der Waals surface area contributed by atoms with Gasteiger partial charge in [0.25, 0.3) is 0 Å². The summed E-state index contributed by atoms with van der Waals surface area (Å²) in [6, 6.07) is 4.59. The number of halogens is 1. The van der Waals surface area contributed by atoms with E-state index in [1.165, 1.54) is 16.4 Å². The summed E-state index contributed by atoms with van der Waals surface area (Å²) in [7, 11) is -3.72. The number of benzene rings is 1. The van der Waals surface area contributed by atoms with E-state index >= 15 is 0 Å². The van der Waals surface area contributed by atoms with Crippen LogP contribution in [0.4, 0.5) is 5.69 Å². The second-order valence-electron chi connectivity index (χ2n) is 3.73. The van der Waals surface area contributed by atoms with Gasteiger partial charge in [-0.15, -0.1) is 0 Å². The van der Waals surface area contributed by atoms with Gasteiger partial charge in [0.1, 0.15) is 4.90 Å². The zero-order valence-electron chi connectivity index (χ0n) is 10.1. The van der Waals surface area contributed by atoms with E-state index in [-0.39, 0.29) is 28.8 Å². The molecule has 0 aromatic heterocycles. The Morgan fingerprint density at radius 3 is 2.61 bits per heavy atom. The number of aliphatic hydroxyl groups excluding tert-OH is 1. The van der Waals surface area contributed by atoms with Crippen LogP contribution in [-0.2, 0) is 10.0 Å². The van der Waals surface area contributed by atoms with Crippen LogP contribution in [0.2, 0.25) is 5.02 Å². The molecule has 0 aliphatic carbocycles. The number of nitrogen functional groups attached to an aromatic ring is 1. The Hall–Kier alpha value is -0.820. The van der Waals surface area contributed by atoms with Gasteiger partial charge in [0, 0.05) is 19.7 Å². The predicted octanol–water partition coefficient (Wildman–Crippen LogP) is 1.32. The van der Waals surface area contributed by atoms with Gasteiger partial charge >= 0.3 is 0 Å². The second-order valence-corrected chi connectivity index (χ2v) is 6.01. The summed E-state index contributed by atoms with van der Waals surface area (Å²) >= 11 is 5.91. The highest BCUT2D eigenvalue weighted by atomic mass is 35.5. The first kappa shape index (κ1) is 15.2. The maximum Gasteiger partial charge on any atom is 0.246 e. The average Bonchev–Trinajstić information content (AvgIpc) is 2.29. The van der Waals surface area contributed by atoms with E-state index in [9.17, 15) is 8.42 Å². The Morgan fingerprint density at radius 2 is 2.11 bits per heavy atom. The van der Waals surface area contributed by atoms with Crippen molar-refractivity contribution < 1.29 is 13.5 Å². The number of nitrogens with zero attached hydrogens (tertiary/aromatic N) is 1. The number of sulfonamides is 1. The van der Waals surface area contributed by atoms with Crippen molar-refractivity contribution in [2.24, 2.45) is 0 Å². The molecule has 1 aromatic rings. The van der Waals surface area contributed by atoms with Gasteiger partial charge in [-0.3, -0.25) is 0 Å². The molecule has 18 heavy (non-hydrogen) atoms. The first-order valence-electron chi connectivity index (χ1n) is 5.60. The zero-order chi connectivity index (χ0) is 13.8. The molecule has 0 saturated heterocycles. The molecule has 0 fully saturated rings. The number of hydrogen-bond acceptors (Lipinski definition) is 4. The van der Waals surface area contributed by atoms with Crippen LogP contribution in [0.5, 0.6) is 0 Å². The van der Waals surface area contributed by atoms with Gasteiger partial charge in [0.2, 0.25) is 10.0 Å². The van der Waals surface area contributed by atoms with Gasteiger partial charge in [-0.05, 0) is 18.6 Å². The molecule has 1 rings (SSSR count). The van der Waals surface area contributed by atoms with Crippen molar-refractivity contribution in [1.82, 2.24) is 4.31 Å². The van der Waals surface area contributed by atoms with Gasteiger partial charge in [0.05, 0.1) is 10.7 Å². The van der Waals surface area contributed by atoms with Crippen LogP contribution in [-0.4, -0.2) is 37.5 Å². The lowest BCUT2D eigenvalue weighted by molar-refractivity contribution is 0.271. The van der Waals surface area contributed by atoms with E-state index in [0.29, 0.717) is 13.0 Å². The summed E-state index contributed by atoms with van der Waals surface area (Å²) in [5.41, 5.74) is 5.82. The summed E-state index contributed by atoms with van der Waals surface area (Å²) in [5.74, 6) is 0. The van der Waals surface area contributed by atoms with Crippen LogP contribution in [0.25, 0.3) is 0 Å². The highest BCUT2D eigenvalue weighted by molar-refractivity contribution is 7.89. The third-order valence-corrected chi connectivity index (χ3v) is 5.03.